The number of rotatable bonds is 6. The number of aromatic nitrogens is 3. The molecule has 0 fully saturated rings. The van der Waals surface area contributed by atoms with Crippen LogP contribution in [0.15, 0.2) is 95.9 Å². The predicted molar refractivity (Wildman–Crippen MR) is 139 cm³/mol. The molecule has 2 heterocycles. The van der Waals surface area contributed by atoms with Crippen molar-refractivity contribution in [3.05, 3.63) is 112 Å². The molecule has 0 saturated carbocycles. The first-order valence-electron chi connectivity index (χ1n) is 10.9. The molecule has 0 aliphatic rings. The highest BCUT2D eigenvalue weighted by Gasteiger charge is 2.14. The Morgan fingerprint density at radius 3 is 2.44 bits per heavy atom. The van der Waals surface area contributed by atoms with E-state index in [9.17, 15) is 4.79 Å². The number of hydrogen-bond donors (Lipinski definition) is 2. The number of fused-ring (bicyclic) bond motifs is 1. The average Bonchev–Trinajstić information content (AvgIpc) is 2.85. The maximum Gasteiger partial charge on any atom is 0.264 e. The van der Waals surface area contributed by atoms with E-state index >= 15 is 0 Å². The van der Waals surface area contributed by atoms with Gasteiger partial charge in [-0.15, -0.1) is 0 Å². The fraction of sp³-hybridized carbons (Fsp3) is 0.0741. The lowest BCUT2D eigenvalue weighted by molar-refractivity contribution is 0.859. The SMILES string of the molecule is Nc1ncc(-c2ccccc2)c(NCCc2cc3cccc(Cl)c3c(=O)n2-c2ccccc2)n1. The summed E-state index contributed by atoms with van der Waals surface area (Å²) in [6.07, 6.45) is 2.29. The average molecular weight is 468 g/mol. The van der Waals surface area contributed by atoms with Crippen LogP contribution < -0.4 is 16.6 Å². The van der Waals surface area contributed by atoms with E-state index in [4.69, 9.17) is 17.3 Å². The number of nitrogens with two attached hydrogens (primary N) is 1. The van der Waals surface area contributed by atoms with Gasteiger partial charge >= 0.3 is 0 Å². The van der Waals surface area contributed by atoms with Gasteiger partial charge in [-0.1, -0.05) is 72.3 Å². The molecule has 0 spiro atoms. The molecule has 6 nitrogen and oxygen atoms in total. The van der Waals surface area contributed by atoms with Gasteiger partial charge in [0.1, 0.15) is 5.82 Å². The van der Waals surface area contributed by atoms with Gasteiger partial charge in [-0.05, 0) is 35.2 Å². The van der Waals surface area contributed by atoms with Crippen molar-refractivity contribution in [1.82, 2.24) is 14.5 Å². The molecule has 0 aliphatic heterocycles. The second-order valence-corrected chi connectivity index (χ2v) is 8.26. The number of para-hydroxylation sites is 1. The number of benzene rings is 3. The minimum absolute atomic E-state index is 0.138. The Balaban J connectivity index is 1.51. The summed E-state index contributed by atoms with van der Waals surface area (Å²) in [5.41, 5.74) is 9.23. The third kappa shape index (κ3) is 4.23. The van der Waals surface area contributed by atoms with Crippen molar-refractivity contribution in [3.8, 4) is 16.8 Å². The van der Waals surface area contributed by atoms with Gasteiger partial charge in [0.25, 0.3) is 5.56 Å². The van der Waals surface area contributed by atoms with Crippen LogP contribution in [-0.4, -0.2) is 21.1 Å². The summed E-state index contributed by atoms with van der Waals surface area (Å²) >= 11 is 6.40. The largest absolute Gasteiger partial charge is 0.369 e. The molecular weight excluding hydrogens is 446 g/mol. The lowest BCUT2D eigenvalue weighted by Crippen LogP contribution is -2.24. The van der Waals surface area contributed by atoms with Gasteiger partial charge in [-0.25, -0.2) is 4.98 Å². The van der Waals surface area contributed by atoms with Gasteiger partial charge in [0, 0.05) is 36.1 Å². The van der Waals surface area contributed by atoms with E-state index in [1.807, 2.05) is 78.9 Å². The number of nitrogen functional groups attached to an aromatic ring is 1. The fourth-order valence-corrected chi connectivity index (χ4v) is 4.35. The Morgan fingerprint density at radius 2 is 1.68 bits per heavy atom. The van der Waals surface area contributed by atoms with Gasteiger partial charge in [-0.3, -0.25) is 9.36 Å². The number of anilines is 2. The first-order valence-corrected chi connectivity index (χ1v) is 11.3. The molecule has 5 aromatic rings. The number of halogens is 1. The predicted octanol–water partition coefficient (Wildman–Crippen LogP) is 5.34. The van der Waals surface area contributed by atoms with Crippen molar-refractivity contribution in [2.75, 3.05) is 17.6 Å². The van der Waals surface area contributed by atoms with E-state index in [2.05, 4.69) is 15.3 Å². The minimum atomic E-state index is -0.138. The molecule has 5 rings (SSSR count). The van der Waals surface area contributed by atoms with E-state index < -0.39 is 0 Å². The minimum Gasteiger partial charge on any atom is -0.369 e. The van der Waals surface area contributed by atoms with Gasteiger partial charge in [-0.2, -0.15) is 4.98 Å². The Hall–Kier alpha value is -4.16. The maximum atomic E-state index is 13.5. The summed E-state index contributed by atoms with van der Waals surface area (Å²) < 4.78 is 1.72. The molecule has 168 valence electrons. The summed E-state index contributed by atoms with van der Waals surface area (Å²) in [6, 6.07) is 27.0. The molecule has 0 unspecified atom stereocenters. The first kappa shape index (κ1) is 21.7. The van der Waals surface area contributed by atoms with Crippen LogP contribution in [0.25, 0.3) is 27.6 Å². The van der Waals surface area contributed by atoms with Gasteiger partial charge < -0.3 is 11.1 Å². The van der Waals surface area contributed by atoms with Crippen molar-refractivity contribution in [2.45, 2.75) is 6.42 Å². The fourth-order valence-electron chi connectivity index (χ4n) is 4.09. The van der Waals surface area contributed by atoms with Crippen LogP contribution in [0.3, 0.4) is 0 Å². The molecule has 7 heteroatoms. The number of nitrogens with zero attached hydrogens (tertiary/aromatic N) is 3. The lowest BCUT2D eigenvalue weighted by atomic mass is 10.1. The van der Waals surface area contributed by atoms with Crippen molar-refractivity contribution in [2.24, 2.45) is 0 Å². The highest BCUT2D eigenvalue weighted by atomic mass is 35.5. The van der Waals surface area contributed by atoms with E-state index in [0.717, 1.165) is 27.9 Å². The van der Waals surface area contributed by atoms with Crippen LogP contribution in [0.5, 0.6) is 0 Å². The van der Waals surface area contributed by atoms with E-state index in [0.29, 0.717) is 29.2 Å². The summed E-state index contributed by atoms with van der Waals surface area (Å²) in [5, 5.41) is 5.16. The van der Waals surface area contributed by atoms with E-state index in [1.165, 1.54) is 0 Å². The molecule has 2 aromatic heterocycles. The Kier molecular flexibility index (Phi) is 5.97. The van der Waals surface area contributed by atoms with E-state index in [-0.39, 0.29) is 11.5 Å². The summed E-state index contributed by atoms with van der Waals surface area (Å²) in [5.74, 6) is 0.847. The van der Waals surface area contributed by atoms with Crippen LogP contribution in [0.1, 0.15) is 5.69 Å². The van der Waals surface area contributed by atoms with Gasteiger partial charge in [0.2, 0.25) is 5.95 Å². The topological polar surface area (TPSA) is 85.8 Å². The Bertz CT molecular complexity index is 1520. The lowest BCUT2D eigenvalue weighted by Gasteiger charge is -2.16. The third-order valence-corrected chi connectivity index (χ3v) is 5.97. The standard InChI is InChI=1S/C27H22ClN5O/c28-23-13-7-10-19-16-21(33(26(34)24(19)23)20-11-5-2-6-12-20)14-15-30-25-22(17-31-27(29)32-25)18-8-3-1-4-9-18/h1-13,16-17H,14-15H2,(H3,29,30,31,32). The second-order valence-electron chi connectivity index (χ2n) is 7.85. The van der Waals surface area contributed by atoms with Crippen LogP contribution in [0.4, 0.5) is 11.8 Å². The number of nitrogens with one attached hydrogen (secondary N) is 1. The van der Waals surface area contributed by atoms with Gasteiger partial charge in [0.15, 0.2) is 0 Å². The zero-order chi connectivity index (χ0) is 23.5. The molecule has 0 aliphatic carbocycles. The Morgan fingerprint density at radius 1 is 0.941 bits per heavy atom. The maximum absolute atomic E-state index is 13.5. The molecule has 0 radical (unpaired) electrons. The van der Waals surface area contributed by atoms with Gasteiger partial charge in [0.05, 0.1) is 10.4 Å². The monoisotopic (exact) mass is 467 g/mol. The quantitative estimate of drug-likeness (QED) is 0.352. The van der Waals surface area contributed by atoms with Crippen molar-refractivity contribution < 1.29 is 0 Å². The highest BCUT2D eigenvalue weighted by molar-refractivity contribution is 6.35. The normalized spacial score (nSPS) is 11.0. The molecule has 3 N–H and O–H groups in total. The summed E-state index contributed by atoms with van der Waals surface area (Å²) in [4.78, 5) is 22.1. The Labute approximate surface area is 201 Å². The summed E-state index contributed by atoms with van der Waals surface area (Å²) in [7, 11) is 0. The molecule has 3 aromatic carbocycles. The molecule has 0 atom stereocenters. The third-order valence-electron chi connectivity index (χ3n) is 5.65. The molecule has 0 bridgehead atoms. The van der Waals surface area contributed by atoms with Crippen molar-refractivity contribution in [1.29, 1.82) is 0 Å². The van der Waals surface area contributed by atoms with Crippen LogP contribution >= 0.6 is 11.6 Å². The van der Waals surface area contributed by atoms with Crippen molar-refractivity contribution in [3.63, 3.8) is 0 Å². The molecular formula is C27H22ClN5O. The molecule has 34 heavy (non-hydrogen) atoms. The number of pyridine rings is 1. The zero-order valence-electron chi connectivity index (χ0n) is 18.3. The second kappa shape index (κ2) is 9.37. The molecule has 0 amide bonds. The zero-order valence-corrected chi connectivity index (χ0v) is 19.0. The van der Waals surface area contributed by atoms with E-state index in [1.54, 1.807) is 16.8 Å². The summed E-state index contributed by atoms with van der Waals surface area (Å²) in [6.45, 7) is 0.536. The van der Waals surface area contributed by atoms with Crippen LogP contribution in [-0.2, 0) is 6.42 Å². The highest BCUT2D eigenvalue weighted by Crippen LogP contribution is 2.26. The smallest absolute Gasteiger partial charge is 0.264 e. The first-order chi connectivity index (χ1) is 16.6. The number of hydrogen-bond acceptors (Lipinski definition) is 5. The van der Waals surface area contributed by atoms with Crippen LogP contribution in [0.2, 0.25) is 5.02 Å². The van der Waals surface area contributed by atoms with Crippen molar-refractivity contribution >= 4 is 34.1 Å². The van der Waals surface area contributed by atoms with Crippen LogP contribution in [0, 0.1) is 0 Å². The molecule has 0 saturated heterocycles.